The van der Waals surface area contributed by atoms with E-state index in [0.29, 0.717) is 6.04 Å². The van der Waals surface area contributed by atoms with Crippen LogP contribution in [0.4, 0.5) is 5.82 Å². The van der Waals surface area contributed by atoms with Crippen molar-refractivity contribution in [2.75, 3.05) is 39.1 Å². The molecule has 1 rings (SSSR count). The number of anilines is 1. The van der Waals surface area contributed by atoms with Gasteiger partial charge in [-0.2, -0.15) is 0 Å². The Morgan fingerprint density at radius 3 is 2.53 bits per heavy atom. The Morgan fingerprint density at radius 2 is 1.95 bits per heavy atom. The minimum atomic E-state index is 0.471. The maximum absolute atomic E-state index is 4.55. The van der Waals surface area contributed by atoms with Gasteiger partial charge < -0.3 is 15.1 Å². The number of rotatable bonds is 7. The van der Waals surface area contributed by atoms with E-state index >= 15 is 0 Å². The second kappa shape index (κ2) is 7.82. The van der Waals surface area contributed by atoms with E-state index in [-0.39, 0.29) is 0 Å². The molecular formula is C14H25BrN4. The first kappa shape index (κ1) is 16.4. The number of halogens is 1. The first-order valence-corrected chi connectivity index (χ1v) is 7.43. The van der Waals surface area contributed by atoms with Gasteiger partial charge in [-0.15, -0.1) is 0 Å². The monoisotopic (exact) mass is 328 g/mol. The van der Waals surface area contributed by atoms with E-state index in [1.54, 1.807) is 0 Å². The molecule has 1 aromatic rings. The van der Waals surface area contributed by atoms with Crippen molar-refractivity contribution in [3.8, 4) is 0 Å². The predicted octanol–water partition coefficient (Wildman–Crippen LogP) is 2.34. The Labute approximate surface area is 125 Å². The van der Waals surface area contributed by atoms with Crippen LogP contribution < -0.4 is 10.2 Å². The molecule has 0 amide bonds. The highest BCUT2D eigenvalue weighted by Gasteiger charge is 2.10. The Balaban J connectivity index is 2.79. The summed E-state index contributed by atoms with van der Waals surface area (Å²) in [5.41, 5.74) is 1.23. The van der Waals surface area contributed by atoms with Crippen LogP contribution >= 0.6 is 15.9 Å². The van der Waals surface area contributed by atoms with E-state index in [4.69, 9.17) is 0 Å². The first-order chi connectivity index (χ1) is 8.90. The van der Waals surface area contributed by atoms with Crippen LogP contribution in [0.3, 0.4) is 0 Å². The highest BCUT2D eigenvalue weighted by molar-refractivity contribution is 9.10. The zero-order chi connectivity index (χ0) is 14.4. The van der Waals surface area contributed by atoms with Crippen LogP contribution in [0.15, 0.2) is 16.7 Å². The second-order valence-corrected chi connectivity index (χ2v) is 6.31. The number of nitrogens with zero attached hydrogens (tertiary/aromatic N) is 3. The van der Waals surface area contributed by atoms with Crippen molar-refractivity contribution in [1.82, 2.24) is 15.2 Å². The van der Waals surface area contributed by atoms with Crippen LogP contribution in [0.2, 0.25) is 0 Å². The molecule has 0 fully saturated rings. The average molecular weight is 329 g/mol. The largest absolute Gasteiger partial charge is 0.358 e. The van der Waals surface area contributed by atoms with Crippen molar-refractivity contribution in [2.45, 2.75) is 26.4 Å². The smallest absolute Gasteiger partial charge is 0.132 e. The fourth-order valence-electron chi connectivity index (χ4n) is 1.72. The summed E-state index contributed by atoms with van der Waals surface area (Å²) in [6.07, 6.45) is 1.86. The number of aromatic nitrogens is 1. The zero-order valence-corrected chi connectivity index (χ0v) is 14.2. The standard InChI is InChI=1S/C14H25BrN4/c1-11(2)16-9-12-8-13(15)10-17-14(12)19(5)7-6-18(3)4/h8,10-11,16H,6-7,9H2,1-5H3. The number of likely N-dealkylation sites (N-methyl/N-ethyl adjacent to an activating group) is 2. The SMILES string of the molecule is CC(C)NCc1cc(Br)cnc1N(C)CCN(C)C. The van der Waals surface area contributed by atoms with Crippen molar-refractivity contribution < 1.29 is 0 Å². The summed E-state index contributed by atoms with van der Waals surface area (Å²) in [5.74, 6) is 1.05. The lowest BCUT2D eigenvalue weighted by Gasteiger charge is -2.23. The quantitative estimate of drug-likeness (QED) is 0.832. The maximum atomic E-state index is 4.55. The van der Waals surface area contributed by atoms with Crippen molar-refractivity contribution in [2.24, 2.45) is 0 Å². The van der Waals surface area contributed by atoms with Gasteiger partial charge >= 0.3 is 0 Å². The molecule has 0 saturated heterocycles. The third kappa shape index (κ3) is 5.89. The molecule has 108 valence electrons. The Hall–Kier alpha value is -0.650. The van der Waals surface area contributed by atoms with Crippen LogP contribution in [0.25, 0.3) is 0 Å². The molecule has 0 atom stereocenters. The molecule has 1 N–H and O–H groups in total. The third-order valence-corrected chi connectivity index (χ3v) is 3.29. The summed E-state index contributed by atoms with van der Waals surface area (Å²) in [4.78, 5) is 8.95. The molecule has 0 saturated carbocycles. The van der Waals surface area contributed by atoms with Gasteiger partial charge in [0.1, 0.15) is 5.82 Å². The summed E-state index contributed by atoms with van der Waals surface area (Å²) < 4.78 is 1.03. The molecule has 0 aliphatic carbocycles. The van der Waals surface area contributed by atoms with E-state index in [1.807, 2.05) is 6.20 Å². The zero-order valence-electron chi connectivity index (χ0n) is 12.6. The topological polar surface area (TPSA) is 31.4 Å². The van der Waals surface area contributed by atoms with Crippen molar-refractivity contribution in [3.05, 3.63) is 22.3 Å². The van der Waals surface area contributed by atoms with E-state index < -0.39 is 0 Å². The molecule has 0 radical (unpaired) electrons. The highest BCUT2D eigenvalue weighted by atomic mass is 79.9. The summed E-state index contributed by atoms with van der Waals surface area (Å²) in [5, 5.41) is 3.45. The molecule has 1 heterocycles. The molecule has 0 aromatic carbocycles. The summed E-state index contributed by atoms with van der Waals surface area (Å²) in [7, 11) is 6.27. The average Bonchev–Trinajstić information content (AvgIpc) is 2.33. The van der Waals surface area contributed by atoms with Crippen molar-refractivity contribution in [1.29, 1.82) is 0 Å². The third-order valence-electron chi connectivity index (χ3n) is 2.85. The van der Waals surface area contributed by atoms with E-state index in [0.717, 1.165) is 29.9 Å². The van der Waals surface area contributed by atoms with Crippen LogP contribution in [0.5, 0.6) is 0 Å². The lowest BCUT2D eigenvalue weighted by atomic mass is 10.2. The van der Waals surface area contributed by atoms with Gasteiger partial charge in [-0.1, -0.05) is 13.8 Å². The molecule has 1 aromatic heterocycles. The van der Waals surface area contributed by atoms with Gasteiger partial charge in [-0.25, -0.2) is 4.98 Å². The van der Waals surface area contributed by atoms with E-state index in [1.165, 1.54) is 5.56 Å². The van der Waals surface area contributed by atoms with Gasteiger partial charge in [-0.3, -0.25) is 0 Å². The molecule has 0 unspecified atom stereocenters. The minimum absolute atomic E-state index is 0.471. The lowest BCUT2D eigenvalue weighted by molar-refractivity contribution is 0.416. The van der Waals surface area contributed by atoms with Crippen LogP contribution in [0.1, 0.15) is 19.4 Å². The fraction of sp³-hybridized carbons (Fsp3) is 0.643. The number of hydrogen-bond acceptors (Lipinski definition) is 4. The van der Waals surface area contributed by atoms with Crippen LogP contribution in [0, 0.1) is 0 Å². The second-order valence-electron chi connectivity index (χ2n) is 5.40. The Bertz CT molecular complexity index is 393. The number of nitrogens with one attached hydrogen (secondary N) is 1. The summed E-state index contributed by atoms with van der Waals surface area (Å²) in [6, 6.07) is 2.61. The summed E-state index contributed by atoms with van der Waals surface area (Å²) in [6.45, 7) is 7.13. The molecule has 0 aliphatic heterocycles. The number of hydrogen-bond donors (Lipinski definition) is 1. The minimum Gasteiger partial charge on any atom is -0.358 e. The lowest BCUT2D eigenvalue weighted by Crippen LogP contribution is -2.31. The van der Waals surface area contributed by atoms with Crippen molar-refractivity contribution in [3.63, 3.8) is 0 Å². The normalized spacial score (nSPS) is 11.4. The predicted molar refractivity (Wildman–Crippen MR) is 85.7 cm³/mol. The van der Waals surface area contributed by atoms with E-state index in [9.17, 15) is 0 Å². The molecule has 5 heteroatoms. The van der Waals surface area contributed by atoms with Gasteiger partial charge in [0.05, 0.1) is 0 Å². The number of pyridine rings is 1. The first-order valence-electron chi connectivity index (χ1n) is 6.63. The molecule has 0 bridgehead atoms. The van der Waals surface area contributed by atoms with Gasteiger partial charge in [0.2, 0.25) is 0 Å². The van der Waals surface area contributed by atoms with Gasteiger partial charge in [0.15, 0.2) is 0 Å². The van der Waals surface area contributed by atoms with Gasteiger partial charge in [0.25, 0.3) is 0 Å². The molecule has 19 heavy (non-hydrogen) atoms. The molecular weight excluding hydrogens is 304 g/mol. The molecule has 4 nitrogen and oxygen atoms in total. The van der Waals surface area contributed by atoms with E-state index in [2.05, 4.69) is 77.1 Å². The Morgan fingerprint density at radius 1 is 1.26 bits per heavy atom. The molecule has 0 spiro atoms. The highest BCUT2D eigenvalue weighted by Crippen LogP contribution is 2.20. The molecule has 0 aliphatic rings. The van der Waals surface area contributed by atoms with Gasteiger partial charge in [0, 0.05) is 49.0 Å². The summed E-state index contributed by atoms with van der Waals surface area (Å²) >= 11 is 3.50. The van der Waals surface area contributed by atoms with Crippen LogP contribution in [-0.4, -0.2) is 50.2 Å². The van der Waals surface area contributed by atoms with Crippen LogP contribution in [-0.2, 0) is 6.54 Å². The fourth-order valence-corrected chi connectivity index (χ4v) is 2.10. The Kier molecular flexibility index (Phi) is 6.75. The van der Waals surface area contributed by atoms with Gasteiger partial charge in [-0.05, 0) is 36.1 Å². The van der Waals surface area contributed by atoms with Crippen molar-refractivity contribution >= 4 is 21.7 Å². The maximum Gasteiger partial charge on any atom is 0.132 e.